The molecule has 4 rings (SSSR count). The van der Waals surface area contributed by atoms with Crippen molar-refractivity contribution in [3.8, 4) is 28.9 Å². The number of aliphatic imine (C=N–C) groups is 1. The molecule has 0 aliphatic carbocycles. The molecule has 42 heavy (non-hydrogen) atoms. The van der Waals surface area contributed by atoms with Gasteiger partial charge >= 0.3 is 11.9 Å². The summed E-state index contributed by atoms with van der Waals surface area (Å²) in [6, 6.07) is 7.27. The highest BCUT2D eigenvalue weighted by molar-refractivity contribution is 7.86. The number of aromatic nitrogens is 1. The molecule has 0 radical (unpaired) electrons. The fourth-order valence-electron chi connectivity index (χ4n) is 3.87. The van der Waals surface area contributed by atoms with Crippen molar-refractivity contribution in [2.75, 3.05) is 20.1 Å². The van der Waals surface area contributed by atoms with Crippen molar-refractivity contribution < 1.29 is 47.4 Å². The average Bonchev–Trinajstić information content (AvgIpc) is 3.37. The summed E-state index contributed by atoms with van der Waals surface area (Å²) in [5, 5.41) is 34.4. The number of hydrogen-bond donors (Lipinski definition) is 5. The van der Waals surface area contributed by atoms with Crippen molar-refractivity contribution in [1.82, 2.24) is 9.88 Å². The summed E-state index contributed by atoms with van der Waals surface area (Å²) >= 11 is 0. The summed E-state index contributed by atoms with van der Waals surface area (Å²) in [5.41, 5.74) is 5.70. The minimum Gasteiger partial charge on any atom is -0.504 e. The number of phenolic OH excluding ortho intramolecular Hbond substituents is 1. The van der Waals surface area contributed by atoms with Gasteiger partial charge in [-0.05, 0) is 36.4 Å². The molecule has 2 unspecified atom stereocenters. The van der Waals surface area contributed by atoms with Crippen LogP contribution in [-0.4, -0.2) is 78.4 Å². The Kier molecular flexibility index (Phi) is 8.65. The fraction of sp³-hybridized carbons (Fsp3) is 0.192. The summed E-state index contributed by atoms with van der Waals surface area (Å²) < 4.78 is 54.3. The fourth-order valence-corrected chi connectivity index (χ4v) is 5.12. The average molecular weight is 604 g/mol. The van der Waals surface area contributed by atoms with Crippen LogP contribution in [0.5, 0.6) is 28.9 Å². The number of nitrogens with two attached hydrogens (primary N) is 1. The van der Waals surface area contributed by atoms with Gasteiger partial charge in [-0.15, -0.1) is 0 Å². The number of halogens is 2. The second-order valence-corrected chi connectivity index (χ2v) is 10.5. The zero-order valence-corrected chi connectivity index (χ0v) is 22.5. The molecule has 2 atom stereocenters. The first-order chi connectivity index (χ1) is 19.9. The number of pyridine rings is 1. The summed E-state index contributed by atoms with van der Waals surface area (Å²) in [6.07, 6.45) is -0.289. The Hall–Kier alpha value is -5.12. The minimum absolute atomic E-state index is 0.0745. The van der Waals surface area contributed by atoms with Gasteiger partial charge in [0.1, 0.15) is 22.7 Å². The van der Waals surface area contributed by atoms with E-state index in [0.717, 1.165) is 12.1 Å². The Balaban J connectivity index is 1.75. The third kappa shape index (κ3) is 6.27. The van der Waals surface area contributed by atoms with Gasteiger partial charge < -0.3 is 35.4 Å². The normalized spacial score (nSPS) is 14.2. The molecule has 1 aliphatic rings. The van der Waals surface area contributed by atoms with E-state index in [1.165, 1.54) is 24.3 Å². The smallest absolute Gasteiger partial charge is 0.320 e. The highest BCUT2D eigenvalue weighted by Crippen LogP contribution is 2.38. The number of rotatable bonds is 11. The Morgan fingerprint density at radius 3 is 2.52 bits per heavy atom. The SMILES string of the molecule is CN1CCN=C1c1cc(S(=O)C(CC(=O)O)C(=O)O)ccc1Oc1c(F)cnc(Oc2cc(C(=N)N)ccc2O)c1F. The molecular formula is C26H23F2N5O8S. The number of amidine groups is 2. The predicted octanol–water partition coefficient (Wildman–Crippen LogP) is 2.66. The first kappa shape index (κ1) is 29.9. The minimum atomic E-state index is -2.33. The van der Waals surface area contributed by atoms with Gasteiger partial charge in [0.2, 0.25) is 11.6 Å². The van der Waals surface area contributed by atoms with E-state index >= 15 is 4.39 Å². The number of nitrogens with zero attached hydrogens (tertiary/aromatic N) is 3. The van der Waals surface area contributed by atoms with E-state index in [1.54, 1.807) is 11.9 Å². The molecule has 0 spiro atoms. The lowest BCUT2D eigenvalue weighted by Crippen LogP contribution is -2.29. The molecule has 0 fully saturated rings. The molecule has 2 aromatic carbocycles. The van der Waals surface area contributed by atoms with Crippen molar-refractivity contribution in [2.24, 2.45) is 10.7 Å². The summed E-state index contributed by atoms with van der Waals surface area (Å²) in [5.74, 6) is -8.39. The number of nitrogens with one attached hydrogen (secondary N) is 1. The van der Waals surface area contributed by atoms with Crippen molar-refractivity contribution in [3.05, 3.63) is 65.4 Å². The van der Waals surface area contributed by atoms with E-state index in [0.29, 0.717) is 19.3 Å². The molecule has 220 valence electrons. The van der Waals surface area contributed by atoms with Gasteiger partial charge in [0, 0.05) is 24.1 Å². The van der Waals surface area contributed by atoms with Crippen molar-refractivity contribution in [3.63, 3.8) is 0 Å². The van der Waals surface area contributed by atoms with E-state index in [9.17, 15) is 28.4 Å². The van der Waals surface area contributed by atoms with Gasteiger partial charge in [-0.2, -0.15) is 4.39 Å². The number of aromatic hydroxyl groups is 1. The zero-order valence-electron chi connectivity index (χ0n) is 21.7. The van der Waals surface area contributed by atoms with E-state index in [2.05, 4.69) is 9.98 Å². The standard InChI is InChI=1S/C26H23F2N5O8S/c1-33-7-6-31-24(33)14-9-13(42(39)19(26(37)38)10-20(35)36)3-5-17(14)40-22-15(27)11-32-25(21(22)28)41-18-8-12(23(29)30)2-4-16(18)34/h2-5,8-9,11,19,34H,6-7,10H2,1H3,(H3,29,30)(H,35,36)(H,37,38). The topological polar surface area (TPSA) is 209 Å². The molecular weight excluding hydrogens is 580 g/mol. The Labute approximate surface area is 238 Å². The van der Waals surface area contributed by atoms with Crippen LogP contribution in [0, 0.1) is 17.0 Å². The predicted molar refractivity (Wildman–Crippen MR) is 144 cm³/mol. The van der Waals surface area contributed by atoms with Crippen molar-refractivity contribution >= 4 is 34.4 Å². The molecule has 1 aliphatic heterocycles. The number of phenols is 1. The monoisotopic (exact) mass is 603 g/mol. The number of aliphatic carboxylic acids is 2. The lowest BCUT2D eigenvalue weighted by atomic mass is 10.1. The number of ether oxygens (including phenoxy) is 2. The first-order valence-corrected chi connectivity index (χ1v) is 13.2. The largest absolute Gasteiger partial charge is 0.504 e. The van der Waals surface area contributed by atoms with E-state index in [4.69, 9.17) is 25.7 Å². The number of benzene rings is 2. The lowest BCUT2D eigenvalue weighted by molar-refractivity contribution is -0.143. The number of carboxylic acid groups (broad SMARTS) is 2. The molecule has 3 aromatic rings. The molecule has 0 saturated heterocycles. The van der Waals surface area contributed by atoms with Crippen LogP contribution in [0.15, 0.2) is 52.5 Å². The van der Waals surface area contributed by atoms with Crippen LogP contribution >= 0.6 is 0 Å². The summed E-state index contributed by atoms with van der Waals surface area (Å²) in [6.45, 7) is 0.825. The molecule has 13 nitrogen and oxygen atoms in total. The Bertz CT molecular complexity index is 1650. The maximum Gasteiger partial charge on any atom is 0.320 e. The third-order valence-electron chi connectivity index (χ3n) is 5.97. The van der Waals surface area contributed by atoms with Crippen molar-refractivity contribution in [1.29, 1.82) is 5.41 Å². The molecule has 0 saturated carbocycles. The quantitative estimate of drug-likeness (QED) is 0.159. The summed E-state index contributed by atoms with van der Waals surface area (Å²) in [4.78, 5) is 32.3. The van der Waals surface area contributed by atoms with Gasteiger partial charge in [0.15, 0.2) is 17.3 Å². The second kappa shape index (κ2) is 12.2. The van der Waals surface area contributed by atoms with Gasteiger partial charge in [-0.1, -0.05) is 0 Å². The highest BCUT2D eigenvalue weighted by atomic mass is 32.2. The highest BCUT2D eigenvalue weighted by Gasteiger charge is 2.31. The zero-order chi connectivity index (χ0) is 30.7. The van der Waals surface area contributed by atoms with Crippen LogP contribution < -0.4 is 15.2 Å². The maximum atomic E-state index is 15.5. The van der Waals surface area contributed by atoms with Crippen molar-refractivity contribution in [2.45, 2.75) is 16.6 Å². The summed E-state index contributed by atoms with van der Waals surface area (Å²) in [7, 11) is -0.655. The first-order valence-electron chi connectivity index (χ1n) is 12.0. The third-order valence-corrected chi connectivity index (χ3v) is 7.57. The van der Waals surface area contributed by atoms with Crippen LogP contribution in [0.3, 0.4) is 0 Å². The number of carbonyl (C=O) groups is 2. The Morgan fingerprint density at radius 2 is 1.90 bits per heavy atom. The lowest BCUT2D eigenvalue weighted by Gasteiger charge is -2.19. The van der Waals surface area contributed by atoms with Gasteiger partial charge in [0.25, 0.3) is 5.88 Å². The Morgan fingerprint density at radius 1 is 1.17 bits per heavy atom. The van der Waals surface area contributed by atoms with Gasteiger partial charge in [0.05, 0.1) is 35.5 Å². The van der Waals surface area contributed by atoms with Crippen LogP contribution in [0.1, 0.15) is 17.5 Å². The van der Waals surface area contributed by atoms with E-state index in [1.807, 2.05) is 0 Å². The van der Waals surface area contributed by atoms with Crippen LogP contribution in [0.4, 0.5) is 8.78 Å². The maximum absolute atomic E-state index is 15.5. The van der Waals surface area contributed by atoms with E-state index < -0.39 is 63.4 Å². The molecule has 0 amide bonds. The number of nitrogen functional groups attached to an aromatic ring is 1. The molecule has 1 aromatic heterocycles. The molecule has 2 heterocycles. The number of carboxylic acids is 2. The number of likely N-dealkylation sites (N-methyl/N-ethyl adjacent to an activating group) is 1. The molecule has 6 N–H and O–H groups in total. The molecule has 16 heteroatoms. The van der Waals surface area contributed by atoms with Gasteiger partial charge in [-0.25, -0.2) is 9.37 Å². The molecule has 0 bridgehead atoms. The van der Waals surface area contributed by atoms with E-state index in [-0.39, 0.29) is 39.2 Å². The van der Waals surface area contributed by atoms with Crippen LogP contribution in [0.2, 0.25) is 0 Å². The second-order valence-electron chi connectivity index (χ2n) is 8.86. The van der Waals surface area contributed by atoms with Crippen LogP contribution in [0.25, 0.3) is 0 Å². The number of hydrogen-bond acceptors (Lipinski definition) is 10. The van der Waals surface area contributed by atoms with Crippen LogP contribution in [-0.2, 0) is 20.4 Å². The van der Waals surface area contributed by atoms with Gasteiger partial charge in [-0.3, -0.25) is 24.2 Å².